The summed E-state index contributed by atoms with van der Waals surface area (Å²) in [7, 11) is 0. The second kappa shape index (κ2) is 4.85. The minimum Gasteiger partial charge on any atom is -0.381 e. The Kier molecular flexibility index (Phi) is 3.45. The van der Waals surface area contributed by atoms with Gasteiger partial charge in [-0.25, -0.2) is 13.8 Å². The fourth-order valence-corrected chi connectivity index (χ4v) is 1.85. The zero-order valence-electron chi connectivity index (χ0n) is 9.92. The molecule has 5 heteroatoms. The molecule has 1 aromatic heterocycles. The first kappa shape index (κ1) is 12.1. The van der Waals surface area contributed by atoms with E-state index in [1.807, 2.05) is 4.90 Å². The molecule has 0 aliphatic heterocycles. The molecule has 0 saturated heterocycles. The molecule has 17 heavy (non-hydrogen) atoms. The Bertz CT molecular complexity index is 405. The van der Waals surface area contributed by atoms with Gasteiger partial charge in [0.15, 0.2) is 23.3 Å². The van der Waals surface area contributed by atoms with Crippen LogP contribution in [0.2, 0.25) is 0 Å². The van der Waals surface area contributed by atoms with Crippen LogP contribution in [0.15, 0.2) is 6.07 Å². The fraction of sp³-hybridized carbons (Fsp3) is 0.583. The Morgan fingerprint density at radius 2 is 2.12 bits per heavy atom. The van der Waals surface area contributed by atoms with Gasteiger partial charge in [0.05, 0.1) is 0 Å². The molecule has 0 amide bonds. The number of nitrogen functional groups attached to an aromatic ring is 1. The second-order valence-electron chi connectivity index (χ2n) is 4.44. The predicted molar refractivity (Wildman–Crippen MR) is 63.8 cm³/mol. The van der Waals surface area contributed by atoms with Crippen LogP contribution in [0.25, 0.3) is 0 Å². The maximum absolute atomic E-state index is 13.7. The third kappa shape index (κ3) is 2.65. The van der Waals surface area contributed by atoms with E-state index in [4.69, 9.17) is 5.73 Å². The number of hydrogen-bond donors (Lipinski definition) is 1. The van der Waals surface area contributed by atoms with Gasteiger partial charge in [-0.3, -0.25) is 0 Å². The van der Waals surface area contributed by atoms with E-state index in [-0.39, 0.29) is 11.6 Å². The summed E-state index contributed by atoms with van der Waals surface area (Å²) in [6, 6.07) is 1.16. The lowest BCUT2D eigenvalue weighted by molar-refractivity contribution is 0.567. The molecule has 3 nitrogen and oxygen atoms in total. The number of unbranched alkanes of at least 4 members (excludes halogenated alkanes) is 1. The molecule has 1 aliphatic rings. The van der Waals surface area contributed by atoms with Gasteiger partial charge in [0.2, 0.25) is 0 Å². The number of rotatable bonds is 5. The Labute approximate surface area is 99.6 Å². The van der Waals surface area contributed by atoms with Crippen molar-refractivity contribution in [2.75, 3.05) is 17.2 Å². The van der Waals surface area contributed by atoms with Gasteiger partial charge in [-0.05, 0) is 19.3 Å². The SMILES string of the molecule is CCCCN(c1nc(N)c(F)cc1F)C1CC1. The Balaban J connectivity index is 2.25. The maximum Gasteiger partial charge on any atom is 0.168 e. The predicted octanol–water partition coefficient (Wildman–Crippen LogP) is 2.71. The van der Waals surface area contributed by atoms with Crippen molar-refractivity contribution in [2.24, 2.45) is 0 Å². The average Bonchev–Trinajstić information content (AvgIpc) is 3.10. The number of halogens is 2. The van der Waals surface area contributed by atoms with Gasteiger partial charge in [0, 0.05) is 18.7 Å². The van der Waals surface area contributed by atoms with Crippen LogP contribution >= 0.6 is 0 Å². The molecule has 1 aliphatic carbocycles. The minimum absolute atomic E-state index is 0.194. The van der Waals surface area contributed by atoms with Gasteiger partial charge in [-0.1, -0.05) is 13.3 Å². The number of aromatic nitrogens is 1. The van der Waals surface area contributed by atoms with Crippen LogP contribution in [0, 0.1) is 11.6 Å². The highest BCUT2D eigenvalue weighted by Gasteiger charge is 2.31. The summed E-state index contributed by atoms with van der Waals surface area (Å²) < 4.78 is 26.7. The van der Waals surface area contributed by atoms with E-state index >= 15 is 0 Å². The molecule has 1 fully saturated rings. The van der Waals surface area contributed by atoms with E-state index in [0.29, 0.717) is 6.04 Å². The van der Waals surface area contributed by atoms with Gasteiger partial charge in [0.1, 0.15) is 0 Å². The Hall–Kier alpha value is -1.39. The van der Waals surface area contributed by atoms with Crippen molar-refractivity contribution in [2.45, 2.75) is 38.6 Å². The van der Waals surface area contributed by atoms with Gasteiger partial charge in [-0.15, -0.1) is 0 Å². The van der Waals surface area contributed by atoms with Gasteiger partial charge >= 0.3 is 0 Å². The quantitative estimate of drug-likeness (QED) is 0.861. The van der Waals surface area contributed by atoms with Crippen molar-refractivity contribution < 1.29 is 8.78 Å². The van der Waals surface area contributed by atoms with E-state index in [0.717, 1.165) is 38.3 Å². The van der Waals surface area contributed by atoms with Crippen molar-refractivity contribution in [1.82, 2.24) is 4.98 Å². The third-order valence-electron chi connectivity index (χ3n) is 2.95. The number of nitrogens with zero attached hydrogens (tertiary/aromatic N) is 2. The fourth-order valence-electron chi connectivity index (χ4n) is 1.85. The molecule has 0 aromatic carbocycles. The summed E-state index contributed by atoms with van der Waals surface area (Å²) in [6.45, 7) is 2.82. The van der Waals surface area contributed by atoms with Crippen LogP contribution < -0.4 is 10.6 Å². The number of pyridine rings is 1. The summed E-state index contributed by atoms with van der Waals surface area (Å²) in [6.07, 6.45) is 4.08. The number of nitrogens with two attached hydrogens (primary N) is 1. The van der Waals surface area contributed by atoms with Gasteiger partial charge in [0.25, 0.3) is 0 Å². The summed E-state index contributed by atoms with van der Waals surface area (Å²) in [5, 5.41) is 0. The van der Waals surface area contributed by atoms with Crippen molar-refractivity contribution in [3.63, 3.8) is 0 Å². The lowest BCUT2D eigenvalue weighted by Crippen LogP contribution is -2.29. The largest absolute Gasteiger partial charge is 0.381 e. The van der Waals surface area contributed by atoms with Crippen molar-refractivity contribution in [3.05, 3.63) is 17.7 Å². The first-order valence-corrected chi connectivity index (χ1v) is 6.01. The summed E-state index contributed by atoms with van der Waals surface area (Å²) >= 11 is 0. The standard InChI is InChI=1S/C12H17F2N3/c1-2-3-6-17(8-4-5-8)12-10(14)7-9(13)11(15)16-12/h7-8H,2-6H2,1H3,(H2,15,16). The first-order chi connectivity index (χ1) is 8.13. The maximum atomic E-state index is 13.7. The van der Waals surface area contributed by atoms with Crippen molar-refractivity contribution in [1.29, 1.82) is 0 Å². The van der Waals surface area contributed by atoms with Crippen LogP contribution in [-0.4, -0.2) is 17.6 Å². The third-order valence-corrected chi connectivity index (χ3v) is 2.95. The van der Waals surface area contributed by atoms with E-state index in [2.05, 4.69) is 11.9 Å². The van der Waals surface area contributed by atoms with Crippen LogP contribution in [0.1, 0.15) is 32.6 Å². The topological polar surface area (TPSA) is 42.2 Å². The minimum atomic E-state index is -0.794. The van der Waals surface area contributed by atoms with Crippen LogP contribution in [0.3, 0.4) is 0 Å². The summed E-state index contributed by atoms with van der Waals surface area (Å²) in [5.74, 6) is -1.46. The molecule has 0 unspecified atom stereocenters. The highest BCUT2D eigenvalue weighted by molar-refractivity contribution is 5.48. The lowest BCUT2D eigenvalue weighted by Gasteiger charge is -2.24. The van der Waals surface area contributed by atoms with Crippen molar-refractivity contribution in [3.8, 4) is 0 Å². The molecule has 2 rings (SSSR count). The van der Waals surface area contributed by atoms with Crippen LogP contribution in [0.5, 0.6) is 0 Å². The molecule has 94 valence electrons. The first-order valence-electron chi connectivity index (χ1n) is 6.01. The molecule has 0 spiro atoms. The zero-order valence-corrected chi connectivity index (χ0v) is 9.92. The van der Waals surface area contributed by atoms with Crippen LogP contribution in [0.4, 0.5) is 20.4 Å². The van der Waals surface area contributed by atoms with E-state index in [1.54, 1.807) is 0 Å². The van der Waals surface area contributed by atoms with Gasteiger partial charge in [-0.2, -0.15) is 0 Å². The van der Waals surface area contributed by atoms with Crippen LogP contribution in [-0.2, 0) is 0 Å². The molecule has 0 atom stereocenters. The lowest BCUT2D eigenvalue weighted by atomic mass is 10.3. The average molecular weight is 241 g/mol. The number of anilines is 2. The molecule has 1 aromatic rings. The Morgan fingerprint density at radius 1 is 1.41 bits per heavy atom. The zero-order chi connectivity index (χ0) is 12.4. The molecule has 1 heterocycles. The highest BCUT2D eigenvalue weighted by Crippen LogP contribution is 2.33. The van der Waals surface area contributed by atoms with E-state index < -0.39 is 11.6 Å². The molecule has 0 radical (unpaired) electrons. The number of hydrogen-bond acceptors (Lipinski definition) is 3. The van der Waals surface area contributed by atoms with Crippen molar-refractivity contribution >= 4 is 11.6 Å². The summed E-state index contributed by atoms with van der Waals surface area (Å²) in [5.41, 5.74) is 5.40. The van der Waals surface area contributed by atoms with Gasteiger partial charge < -0.3 is 10.6 Å². The molecule has 2 N–H and O–H groups in total. The smallest absolute Gasteiger partial charge is 0.168 e. The summed E-state index contributed by atoms with van der Waals surface area (Å²) in [4.78, 5) is 5.75. The monoisotopic (exact) mass is 241 g/mol. The molecular formula is C12H17F2N3. The highest BCUT2D eigenvalue weighted by atomic mass is 19.1. The van der Waals surface area contributed by atoms with E-state index in [9.17, 15) is 8.78 Å². The molecule has 0 bridgehead atoms. The molecular weight excluding hydrogens is 224 g/mol. The normalized spacial score (nSPS) is 15.0. The second-order valence-corrected chi connectivity index (χ2v) is 4.44. The Morgan fingerprint density at radius 3 is 2.71 bits per heavy atom. The molecule has 1 saturated carbocycles. The van der Waals surface area contributed by atoms with E-state index in [1.165, 1.54) is 0 Å².